The Morgan fingerprint density at radius 3 is 2.64 bits per heavy atom. The van der Waals surface area contributed by atoms with Crippen LogP contribution in [-0.2, 0) is 0 Å². The fourth-order valence-corrected chi connectivity index (χ4v) is 2.53. The molecule has 106 valence electrons. The maximum Gasteiger partial charge on any atom is 0.280 e. The summed E-state index contributed by atoms with van der Waals surface area (Å²) in [5.41, 5.74) is 2.57. The molecule has 0 bridgehead atoms. The normalized spacial score (nSPS) is 10.9. The molecule has 0 unspecified atom stereocenters. The van der Waals surface area contributed by atoms with Crippen molar-refractivity contribution in [2.45, 2.75) is 0 Å². The van der Waals surface area contributed by atoms with Crippen molar-refractivity contribution < 1.29 is 0 Å². The summed E-state index contributed by atoms with van der Waals surface area (Å²) in [6.07, 6.45) is 6.95. The lowest BCUT2D eigenvalue weighted by Gasteiger charge is -2.11. The number of rotatable bonds is 2. The number of hydrogen-bond acceptors (Lipinski definition) is 3. The van der Waals surface area contributed by atoms with E-state index in [4.69, 9.17) is 0 Å². The van der Waals surface area contributed by atoms with E-state index in [9.17, 15) is 4.79 Å². The lowest BCUT2D eigenvalue weighted by atomic mass is 10.2. The van der Waals surface area contributed by atoms with Crippen molar-refractivity contribution in [1.82, 2.24) is 19.1 Å². The first-order valence-corrected chi connectivity index (χ1v) is 6.88. The summed E-state index contributed by atoms with van der Waals surface area (Å²) in [6, 6.07) is 15.5. The van der Waals surface area contributed by atoms with Crippen LogP contribution in [0.5, 0.6) is 0 Å². The predicted molar refractivity (Wildman–Crippen MR) is 84.5 cm³/mol. The van der Waals surface area contributed by atoms with Gasteiger partial charge in [-0.25, -0.2) is 4.98 Å². The predicted octanol–water partition coefficient (Wildman–Crippen LogP) is 2.57. The first kappa shape index (κ1) is 12.5. The van der Waals surface area contributed by atoms with Gasteiger partial charge in [0.15, 0.2) is 0 Å². The van der Waals surface area contributed by atoms with Crippen LogP contribution in [0.1, 0.15) is 0 Å². The van der Waals surface area contributed by atoms with E-state index in [1.165, 1.54) is 0 Å². The van der Waals surface area contributed by atoms with E-state index < -0.39 is 0 Å². The standard InChI is InChI=1S/C17H12N4O/c22-17-15-6-1-2-7-16(15)21(12-19-17)14-5-3-4-13(10-14)20-9-8-18-11-20/h1-12H. The summed E-state index contributed by atoms with van der Waals surface area (Å²) in [5.74, 6) is 0. The third kappa shape index (κ3) is 2.00. The lowest BCUT2D eigenvalue weighted by molar-refractivity contribution is 1.00. The van der Waals surface area contributed by atoms with Crippen LogP contribution in [0.2, 0.25) is 0 Å². The van der Waals surface area contributed by atoms with Crippen LogP contribution in [0.25, 0.3) is 22.3 Å². The quantitative estimate of drug-likeness (QED) is 0.569. The van der Waals surface area contributed by atoms with Crippen LogP contribution in [0, 0.1) is 0 Å². The van der Waals surface area contributed by atoms with Gasteiger partial charge >= 0.3 is 0 Å². The first-order valence-electron chi connectivity index (χ1n) is 6.88. The maximum absolute atomic E-state index is 11.9. The zero-order valence-corrected chi connectivity index (χ0v) is 11.6. The molecular formula is C17H12N4O. The average molecular weight is 288 g/mol. The Hall–Kier alpha value is -3.21. The molecule has 0 N–H and O–H groups in total. The number of aromatic nitrogens is 4. The van der Waals surface area contributed by atoms with Crippen molar-refractivity contribution in [2.75, 3.05) is 0 Å². The molecule has 0 aliphatic heterocycles. The maximum atomic E-state index is 11.9. The van der Waals surface area contributed by atoms with Gasteiger partial charge in [0, 0.05) is 23.8 Å². The Bertz CT molecular complexity index is 1000. The molecule has 0 amide bonds. The lowest BCUT2D eigenvalue weighted by Crippen LogP contribution is -2.11. The van der Waals surface area contributed by atoms with Gasteiger partial charge in [-0.3, -0.25) is 4.79 Å². The highest BCUT2D eigenvalue weighted by molar-refractivity contribution is 5.79. The Kier molecular flexibility index (Phi) is 2.83. The smallest absolute Gasteiger partial charge is 0.280 e. The summed E-state index contributed by atoms with van der Waals surface area (Å²) in [6.45, 7) is 0. The van der Waals surface area contributed by atoms with Crippen LogP contribution >= 0.6 is 0 Å². The van der Waals surface area contributed by atoms with Crippen LogP contribution in [-0.4, -0.2) is 19.1 Å². The van der Waals surface area contributed by atoms with Crippen molar-refractivity contribution in [3.63, 3.8) is 0 Å². The minimum atomic E-state index is -0.211. The van der Waals surface area contributed by atoms with Crippen molar-refractivity contribution in [3.8, 4) is 11.4 Å². The third-order valence-corrected chi connectivity index (χ3v) is 3.59. The highest BCUT2D eigenvalue weighted by Gasteiger charge is 2.06. The number of imidazole rings is 1. The highest BCUT2D eigenvalue weighted by Crippen LogP contribution is 2.18. The first-order chi connectivity index (χ1) is 10.8. The van der Waals surface area contributed by atoms with Gasteiger partial charge in [0.25, 0.3) is 5.56 Å². The van der Waals surface area contributed by atoms with Gasteiger partial charge in [-0.2, -0.15) is 4.98 Å². The van der Waals surface area contributed by atoms with Crippen molar-refractivity contribution in [2.24, 2.45) is 0 Å². The number of benzene rings is 2. The van der Waals surface area contributed by atoms with E-state index >= 15 is 0 Å². The van der Waals surface area contributed by atoms with E-state index in [-0.39, 0.29) is 5.56 Å². The number of nitrogens with zero attached hydrogens (tertiary/aromatic N) is 4. The van der Waals surface area contributed by atoms with E-state index in [0.29, 0.717) is 5.39 Å². The van der Waals surface area contributed by atoms with E-state index in [2.05, 4.69) is 9.97 Å². The Morgan fingerprint density at radius 2 is 1.77 bits per heavy atom. The number of hydrogen-bond donors (Lipinski definition) is 0. The number of fused-ring (bicyclic) bond motifs is 1. The van der Waals surface area contributed by atoms with Crippen LogP contribution in [0.3, 0.4) is 0 Å². The SMILES string of the molecule is O=c1ncn(-c2cccc(-n3ccnc3)c2)c2ccccc12. The molecule has 0 aliphatic rings. The molecule has 0 spiro atoms. The molecule has 0 saturated carbocycles. The van der Waals surface area contributed by atoms with Gasteiger partial charge in [0.05, 0.1) is 17.2 Å². The molecular weight excluding hydrogens is 276 g/mol. The zero-order valence-electron chi connectivity index (χ0n) is 11.6. The summed E-state index contributed by atoms with van der Waals surface area (Å²) in [5, 5.41) is 0.609. The second-order valence-corrected chi connectivity index (χ2v) is 4.93. The second kappa shape index (κ2) is 4.96. The molecule has 5 heteroatoms. The van der Waals surface area contributed by atoms with Crippen molar-refractivity contribution in [3.05, 3.63) is 83.9 Å². The summed E-state index contributed by atoms with van der Waals surface area (Å²) in [7, 11) is 0. The van der Waals surface area contributed by atoms with Gasteiger partial charge in [0.1, 0.15) is 6.33 Å². The molecule has 0 radical (unpaired) electrons. The monoisotopic (exact) mass is 288 g/mol. The zero-order chi connectivity index (χ0) is 14.9. The Balaban J connectivity index is 1.95. The van der Waals surface area contributed by atoms with E-state index in [0.717, 1.165) is 16.9 Å². The summed E-state index contributed by atoms with van der Waals surface area (Å²) in [4.78, 5) is 19.9. The molecule has 2 aromatic heterocycles. The third-order valence-electron chi connectivity index (χ3n) is 3.59. The summed E-state index contributed by atoms with van der Waals surface area (Å²) < 4.78 is 3.85. The van der Waals surface area contributed by atoms with E-state index in [1.807, 2.05) is 57.8 Å². The van der Waals surface area contributed by atoms with Crippen LogP contribution in [0.4, 0.5) is 0 Å². The molecule has 4 rings (SSSR count). The fraction of sp³-hybridized carbons (Fsp3) is 0. The van der Waals surface area contributed by atoms with Gasteiger partial charge in [-0.05, 0) is 30.3 Å². The molecule has 2 heterocycles. The van der Waals surface area contributed by atoms with Crippen LogP contribution < -0.4 is 5.56 Å². The summed E-state index contributed by atoms with van der Waals surface area (Å²) >= 11 is 0. The minimum absolute atomic E-state index is 0.211. The number of para-hydroxylation sites is 1. The molecule has 0 atom stereocenters. The Morgan fingerprint density at radius 1 is 0.909 bits per heavy atom. The average Bonchev–Trinajstić information content (AvgIpc) is 3.10. The molecule has 2 aromatic carbocycles. The molecule has 0 aliphatic carbocycles. The van der Waals surface area contributed by atoms with Crippen molar-refractivity contribution in [1.29, 1.82) is 0 Å². The highest BCUT2D eigenvalue weighted by atomic mass is 16.1. The van der Waals surface area contributed by atoms with Gasteiger partial charge < -0.3 is 9.13 Å². The minimum Gasteiger partial charge on any atom is -0.306 e. The largest absolute Gasteiger partial charge is 0.306 e. The van der Waals surface area contributed by atoms with Gasteiger partial charge in [-0.1, -0.05) is 18.2 Å². The molecule has 4 aromatic rings. The molecule has 22 heavy (non-hydrogen) atoms. The van der Waals surface area contributed by atoms with Crippen LogP contribution in [0.15, 0.2) is 78.4 Å². The topological polar surface area (TPSA) is 52.7 Å². The van der Waals surface area contributed by atoms with Gasteiger partial charge in [-0.15, -0.1) is 0 Å². The van der Waals surface area contributed by atoms with Gasteiger partial charge in [0.2, 0.25) is 0 Å². The molecule has 5 nitrogen and oxygen atoms in total. The second-order valence-electron chi connectivity index (χ2n) is 4.93. The fourth-order valence-electron chi connectivity index (χ4n) is 2.53. The van der Waals surface area contributed by atoms with E-state index in [1.54, 1.807) is 24.9 Å². The molecule has 0 saturated heterocycles. The Labute approximate surface area is 126 Å². The molecule has 0 fully saturated rings. The van der Waals surface area contributed by atoms with Crippen molar-refractivity contribution >= 4 is 10.9 Å².